The van der Waals surface area contributed by atoms with E-state index in [0.717, 1.165) is 30.7 Å². The summed E-state index contributed by atoms with van der Waals surface area (Å²) in [7, 11) is 1.71. The average molecular weight is 539 g/mol. The van der Waals surface area contributed by atoms with Crippen LogP contribution in [0, 0.1) is 12.8 Å². The molecule has 4 rings (SSSR count). The first-order valence-electron chi connectivity index (χ1n) is 11.8. The Kier molecular flexibility index (Phi) is 7.45. The number of carbonyl (C=O) groups excluding carboxylic acids is 2. The fourth-order valence-electron chi connectivity index (χ4n) is 5.02. The number of carbonyl (C=O) groups is 2. The Morgan fingerprint density at radius 2 is 1.75 bits per heavy atom. The molecule has 2 aromatic carbocycles. The summed E-state index contributed by atoms with van der Waals surface area (Å²) in [4.78, 5) is 26.4. The van der Waals surface area contributed by atoms with E-state index < -0.39 is 11.7 Å². The molecule has 9 heteroatoms. The minimum absolute atomic E-state index is 0.156. The summed E-state index contributed by atoms with van der Waals surface area (Å²) in [5.74, 6) is 0.251. The molecule has 0 N–H and O–H groups in total. The molecular formula is C27H27Cl2F3N2O2. The fourth-order valence-corrected chi connectivity index (χ4v) is 5.60. The zero-order chi connectivity index (χ0) is 26.4. The Morgan fingerprint density at radius 3 is 2.36 bits per heavy atom. The maximum absolute atomic E-state index is 13.3. The first-order chi connectivity index (χ1) is 16.9. The van der Waals surface area contributed by atoms with Gasteiger partial charge < -0.3 is 14.3 Å². The summed E-state index contributed by atoms with van der Waals surface area (Å²) in [6, 6.07) is 7.37. The lowest BCUT2D eigenvalue weighted by molar-refractivity contribution is -0.137. The van der Waals surface area contributed by atoms with E-state index in [-0.39, 0.29) is 29.1 Å². The smallest absolute Gasteiger partial charge is 0.347 e. The minimum atomic E-state index is -4.44. The Morgan fingerprint density at radius 1 is 1.08 bits per heavy atom. The molecule has 1 saturated heterocycles. The van der Waals surface area contributed by atoms with Crippen molar-refractivity contribution in [2.45, 2.75) is 45.7 Å². The number of aryl methyl sites for hydroxylation is 2. The lowest BCUT2D eigenvalue weighted by atomic mass is 9.91. The second-order valence-corrected chi connectivity index (χ2v) is 10.4. The fraction of sp³-hybridized carbons (Fsp3) is 0.407. The van der Waals surface area contributed by atoms with Crippen LogP contribution >= 0.6 is 23.2 Å². The summed E-state index contributed by atoms with van der Waals surface area (Å²) >= 11 is 13.2. The van der Waals surface area contributed by atoms with Gasteiger partial charge in [-0.25, -0.2) is 0 Å². The third kappa shape index (κ3) is 5.28. The maximum Gasteiger partial charge on any atom is 0.416 e. The van der Waals surface area contributed by atoms with Crippen molar-refractivity contribution in [3.8, 4) is 0 Å². The topological polar surface area (TPSA) is 42.3 Å². The number of piperidine rings is 1. The van der Waals surface area contributed by atoms with Gasteiger partial charge in [0.25, 0.3) is 5.91 Å². The van der Waals surface area contributed by atoms with Gasteiger partial charge in [-0.1, -0.05) is 23.2 Å². The molecule has 3 aromatic rings. The van der Waals surface area contributed by atoms with Crippen LogP contribution < -0.4 is 0 Å². The lowest BCUT2D eigenvalue weighted by Crippen LogP contribution is -2.39. The van der Waals surface area contributed by atoms with Gasteiger partial charge in [-0.15, -0.1) is 0 Å². The van der Waals surface area contributed by atoms with Crippen LogP contribution in [0.25, 0.3) is 10.9 Å². The molecule has 1 aliphatic heterocycles. The number of likely N-dealkylation sites (tertiary alicyclic amines) is 1. The van der Waals surface area contributed by atoms with Gasteiger partial charge in [-0.05, 0) is 74.1 Å². The highest BCUT2D eigenvalue weighted by atomic mass is 35.5. The van der Waals surface area contributed by atoms with E-state index in [4.69, 9.17) is 23.2 Å². The SMILES string of the molecule is CC(=O)CC1CCN(C(=O)c2ccc(Cl)c(Cc3cc4c(C)cc(C(F)(F)F)cc4n3C)c2Cl)CC1. The molecule has 192 valence electrons. The maximum atomic E-state index is 13.3. The van der Waals surface area contributed by atoms with Crippen LogP contribution in [-0.4, -0.2) is 34.2 Å². The standard InChI is InChI=1S/C27H27Cl2F3N2O2/c1-15-10-18(27(30,31)32)12-24-21(15)13-19(33(24)3)14-22-23(28)5-4-20(25(22)29)26(36)34-8-6-17(7-9-34)11-16(2)35/h4-5,10,12-13,17H,6-9,11,14H2,1-3H3. The highest BCUT2D eigenvalue weighted by Crippen LogP contribution is 2.36. The number of halogens is 5. The third-order valence-corrected chi connectivity index (χ3v) is 7.83. The molecule has 4 nitrogen and oxygen atoms in total. The Labute approximate surface area is 218 Å². The number of rotatable bonds is 5. The van der Waals surface area contributed by atoms with Crippen molar-refractivity contribution in [3.05, 3.63) is 68.3 Å². The second-order valence-electron chi connectivity index (χ2n) is 9.62. The number of amides is 1. The third-order valence-electron chi connectivity index (χ3n) is 7.05. The molecule has 1 amide bonds. The quantitative estimate of drug-likeness (QED) is 0.343. The molecule has 0 unspecified atom stereocenters. The van der Waals surface area contributed by atoms with Crippen LogP contribution in [0.5, 0.6) is 0 Å². The second kappa shape index (κ2) is 10.1. The lowest BCUT2D eigenvalue weighted by Gasteiger charge is -2.32. The Bertz CT molecular complexity index is 1340. The first kappa shape index (κ1) is 26.6. The van der Waals surface area contributed by atoms with Crippen molar-refractivity contribution in [2.24, 2.45) is 13.0 Å². The van der Waals surface area contributed by atoms with E-state index in [2.05, 4.69) is 0 Å². The van der Waals surface area contributed by atoms with E-state index >= 15 is 0 Å². The van der Waals surface area contributed by atoms with Crippen molar-refractivity contribution in [3.63, 3.8) is 0 Å². The highest BCUT2D eigenvalue weighted by Gasteiger charge is 2.32. The van der Waals surface area contributed by atoms with Crippen molar-refractivity contribution < 1.29 is 22.8 Å². The molecule has 1 aliphatic rings. The molecule has 0 spiro atoms. The van der Waals surface area contributed by atoms with Crippen LogP contribution in [-0.2, 0) is 24.4 Å². The van der Waals surface area contributed by atoms with Gasteiger partial charge in [0.05, 0.1) is 16.1 Å². The summed E-state index contributed by atoms with van der Waals surface area (Å²) in [6.07, 6.45) is -2.13. The zero-order valence-corrected chi connectivity index (χ0v) is 21.8. The van der Waals surface area contributed by atoms with Crippen LogP contribution in [0.3, 0.4) is 0 Å². The Balaban J connectivity index is 1.62. The summed E-state index contributed by atoms with van der Waals surface area (Å²) in [5, 5.41) is 1.35. The number of hydrogen-bond acceptors (Lipinski definition) is 2. The van der Waals surface area contributed by atoms with Crippen LogP contribution in [0.4, 0.5) is 13.2 Å². The predicted molar refractivity (Wildman–Crippen MR) is 136 cm³/mol. The highest BCUT2D eigenvalue weighted by molar-refractivity contribution is 6.38. The minimum Gasteiger partial charge on any atom is -0.347 e. The van der Waals surface area contributed by atoms with Gasteiger partial charge >= 0.3 is 6.18 Å². The van der Waals surface area contributed by atoms with Crippen molar-refractivity contribution >= 4 is 45.8 Å². The number of alkyl halides is 3. The number of hydrogen-bond donors (Lipinski definition) is 0. The van der Waals surface area contributed by atoms with E-state index in [9.17, 15) is 22.8 Å². The molecule has 36 heavy (non-hydrogen) atoms. The monoisotopic (exact) mass is 538 g/mol. The molecule has 1 fully saturated rings. The number of Topliss-reactive ketones (excluding diaryl/α,β-unsaturated/α-hetero) is 1. The van der Waals surface area contributed by atoms with Crippen molar-refractivity contribution in [1.82, 2.24) is 9.47 Å². The Hall–Kier alpha value is -2.51. The number of aromatic nitrogens is 1. The zero-order valence-electron chi connectivity index (χ0n) is 20.3. The average Bonchev–Trinajstić information content (AvgIpc) is 3.12. The molecule has 0 saturated carbocycles. The largest absolute Gasteiger partial charge is 0.416 e. The predicted octanol–water partition coefficient (Wildman–Crippen LogP) is 7.23. The van der Waals surface area contributed by atoms with Crippen LogP contribution in [0.15, 0.2) is 30.3 Å². The summed E-state index contributed by atoms with van der Waals surface area (Å²) in [5.41, 5.74) is 1.91. The first-order valence-corrected chi connectivity index (χ1v) is 12.5. The number of fused-ring (bicyclic) bond motifs is 1. The molecular weight excluding hydrogens is 512 g/mol. The van der Waals surface area contributed by atoms with E-state index in [1.807, 2.05) is 6.07 Å². The van der Waals surface area contributed by atoms with Gasteiger partial charge in [-0.2, -0.15) is 13.2 Å². The summed E-state index contributed by atoms with van der Waals surface area (Å²) < 4.78 is 41.7. The van der Waals surface area contributed by atoms with Crippen LogP contribution in [0.1, 0.15) is 58.9 Å². The molecule has 2 heterocycles. The molecule has 0 radical (unpaired) electrons. The van der Waals surface area contributed by atoms with Gasteiger partial charge in [0.1, 0.15) is 5.78 Å². The summed E-state index contributed by atoms with van der Waals surface area (Å²) in [6.45, 7) is 4.34. The normalized spacial score (nSPS) is 15.1. The van der Waals surface area contributed by atoms with Crippen molar-refractivity contribution in [1.29, 1.82) is 0 Å². The number of nitrogens with zero attached hydrogens (tertiary/aromatic N) is 2. The number of ketones is 1. The van der Waals surface area contributed by atoms with Gasteiger partial charge in [0, 0.05) is 54.6 Å². The van der Waals surface area contributed by atoms with Crippen molar-refractivity contribution in [2.75, 3.05) is 13.1 Å². The van der Waals surface area contributed by atoms with Gasteiger partial charge in [0.15, 0.2) is 0 Å². The van der Waals surface area contributed by atoms with Gasteiger partial charge in [0.2, 0.25) is 0 Å². The molecule has 0 atom stereocenters. The van der Waals surface area contributed by atoms with Crippen LogP contribution in [0.2, 0.25) is 10.0 Å². The molecule has 0 bridgehead atoms. The van der Waals surface area contributed by atoms with E-state index in [1.54, 1.807) is 42.5 Å². The van der Waals surface area contributed by atoms with Gasteiger partial charge in [-0.3, -0.25) is 4.79 Å². The van der Waals surface area contributed by atoms with E-state index in [1.165, 1.54) is 0 Å². The molecule has 0 aliphatic carbocycles. The van der Waals surface area contributed by atoms with E-state index in [0.29, 0.717) is 52.1 Å². The number of benzene rings is 2. The molecule has 1 aromatic heterocycles.